The number of thiazole rings is 1. The van der Waals surface area contributed by atoms with Gasteiger partial charge >= 0.3 is 18.3 Å². The normalized spacial score (nSPS) is 18.0. The molecule has 2 saturated heterocycles. The van der Waals surface area contributed by atoms with E-state index in [0.717, 1.165) is 39.8 Å². The van der Waals surface area contributed by atoms with Crippen molar-refractivity contribution in [2.24, 2.45) is 10.6 Å². The number of esters is 1. The van der Waals surface area contributed by atoms with Crippen molar-refractivity contribution < 1.29 is 61.8 Å². The molecule has 2 amide bonds. The maximum absolute atomic E-state index is 14.7. The Bertz CT molecular complexity index is 3510. The van der Waals surface area contributed by atoms with Gasteiger partial charge in [0.25, 0.3) is 11.8 Å². The molecular formula is C60H59N5O14S4. The average Bonchev–Trinajstić information content (AvgIpc) is 3.11. The van der Waals surface area contributed by atoms with Crippen molar-refractivity contribution in [3.8, 4) is 17.2 Å². The van der Waals surface area contributed by atoms with E-state index < -0.39 is 80.3 Å². The minimum absolute atomic E-state index is 0.103. The van der Waals surface area contributed by atoms with Crippen molar-refractivity contribution >= 4 is 96.6 Å². The van der Waals surface area contributed by atoms with Crippen molar-refractivity contribution in [1.29, 1.82) is 0 Å². The van der Waals surface area contributed by atoms with Crippen LogP contribution in [0.4, 0.5) is 14.7 Å². The van der Waals surface area contributed by atoms with Crippen LogP contribution in [0.1, 0.15) is 69.5 Å². The summed E-state index contributed by atoms with van der Waals surface area (Å²) in [5, 5.41) is 11.6. The van der Waals surface area contributed by atoms with Gasteiger partial charge in [0.1, 0.15) is 53.1 Å². The number of carbonyl (C=O) groups is 5. The molecule has 23 heteroatoms. The second kappa shape index (κ2) is 24.9. The van der Waals surface area contributed by atoms with Crippen LogP contribution in [0.3, 0.4) is 0 Å². The van der Waals surface area contributed by atoms with E-state index in [-0.39, 0.29) is 52.9 Å². The van der Waals surface area contributed by atoms with Gasteiger partial charge in [0.05, 0.1) is 11.3 Å². The largest absolute Gasteiger partial charge is 0.615 e. The van der Waals surface area contributed by atoms with Gasteiger partial charge in [0.2, 0.25) is 5.37 Å². The highest BCUT2D eigenvalue weighted by atomic mass is 32.2. The van der Waals surface area contributed by atoms with E-state index in [9.17, 15) is 33.3 Å². The number of nitrogens with one attached hydrogen (secondary N) is 2. The van der Waals surface area contributed by atoms with Gasteiger partial charge < -0.3 is 48.4 Å². The van der Waals surface area contributed by atoms with Gasteiger partial charge in [-0.05, 0) is 93.2 Å². The van der Waals surface area contributed by atoms with E-state index in [4.69, 9.17) is 38.2 Å². The monoisotopic (exact) mass is 1200 g/mol. The topological polar surface area (TPSA) is 243 Å². The van der Waals surface area contributed by atoms with Crippen LogP contribution >= 0.6 is 34.4 Å². The number of oxime groups is 1. The molecule has 432 valence electrons. The molecule has 0 saturated carbocycles. The Morgan fingerprint density at radius 3 is 1.90 bits per heavy atom. The van der Waals surface area contributed by atoms with E-state index in [1.54, 1.807) is 71.2 Å². The minimum atomic E-state index is -1.98. The van der Waals surface area contributed by atoms with Crippen LogP contribution in [0.15, 0.2) is 153 Å². The fourth-order valence-corrected chi connectivity index (χ4v) is 14.6. The number of nitrogens with zero attached hydrogens (tertiary/aromatic N) is 3. The lowest BCUT2D eigenvalue weighted by Gasteiger charge is -2.53. The number of benzene rings is 5. The summed E-state index contributed by atoms with van der Waals surface area (Å²) in [4.78, 5) is 94.2. The first-order chi connectivity index (χ1) is 39.6. The lowest BCUT2D eigenvalue weighted by atomic mass is 9.77. The SMILES string of the molecule is CON=C(C(=O)NC1C(=O)N2CC(CSc3cc(=O)c4cc(OC(=O)OC(C)(C)C)c(OC(=O)OC(C)(C)C)cc4s3)(C(=O)OCc3ccc(OC)cc3)C[S+]([O-])[C@H]12)c1csc(NC(c2ccccc2)(c2ccccc2)c2ccccc2)n1. The van der Waals surface area contributed by atoms with E-state index in [1.165, 1.54) is 48.7 Å². The number of aromatic nitrogens is 1. The van der Waals surface area contributed by atoms with Gasteiger partial charge in [-0.2, -0.15) is 0 Å². The number of fused-ring (bicyclic) bond motifs is 2. The van der Waals surface area contributed by atoms with E-state index >= 15 is 0 Å². The third-order valence-corrected chi connectivity index (χ3v) is 18.3. The number of rotatable bonds is 18. The molecule has 0 spiro atoms. The first-order valence-corrected chi connectivity index (χ1v) is 30.0. The molecule has 2 aromatic heterocycles. The van der Waals surface area contributed by atoms with Gasteiger partial charge in [0.15, 0.2) is 33.8 Å². The molecule has 3 unspecified atom stereocenters. The Morgan fingerprint density at radius 2 is 1.36 bits per heavy atom. The third-order valence-electron chi connectivity index (χ3n) is 13.0. The van der Waals surface area contributed by atoms with Gasteiger partial charge in [0, 0.05) is 39.9 Å². The number of anilines is 1. The zero-order valence-corrected chi connectivity index (χ0v) is 49.7. The molecule has 0 aliphatic carbocycles. The molecular weight excluding hydrogens is 1140 g/mol. The number of β-lactam (4-membered cyclic amide) rings is 1. The van der Waals surface area contributed by atoms with Gasteiger partial charge in [-0.1, -0.05) is 108 Å². The molecule has 2 fully saturated rings. The Kier molecular flexibility index (Phi) is 17.9. The molecule has 4 heterocycles. The molecule has 0 radical (unpaired) electrons. The Hall–Kier alpha value is -7.96. The van der Waals surface area contributed by atoms with Crippen LogP contribution in [0, 0.1) is 5.41 Å². The zero-order valence-electron chi connectivity index (χ0n) is 46.5. The maximum atomic E-state index is 14.7. The van der Waals surface area contributed by atoms with Gasteiger partial charge in [-0.3, -0.25) is 24.1 Å². The van der Waals surface area contributed by atoms with Crippen LogP contribution in [-0.4, -0.2) is 105 Å². The number of thioether (sulfide) groups is 1. The summed E-state index contributed by atoms with van der Waals surface area (Å²) in [5.41, 5.74) is -1.63. The highest BCUT2D eigenvalue weighted by Crippen LogP contribution is 2.45. The van der Waals surface area contributed by atoms with Crippen LogP contribution < -0.4 is 30.3 Å². The summed E-state index contributed by atoms with van der Waals surface area (Å²) >= 11 is 1.44. The summed E-state index contributed by atoms with van der Waals surface area (Å²) in [6.07, 6.45) is -2.22. The highest BCUT2D eigenvalue weighted by Gasteiger charge is 2.65. The predicted molar refractivity (Wildman–Crippen MR) is 317 cm³/mol. The maximum Gasteiger partial charge on any atom is 0.514 e. The predicted octanol–water partition coefficient (Wildman–Crippen LogP) is 10.0. The minimum Gasteiger partial charge on any atom is -0.615 e. The molecule has 0 bridgehead atoms. The molecule has 2 aliphatic rings. The number of hydrogen-bond acceptors (Lipinski definition) is 20. The number of ether oxygens (including phenoxy) is 6. The fraction of sp³-hybridized carbons (Fsp3) is 0.300. The standard InChI is InChI=1S/C60H59N5O14S4/c1-57(2,3)78-55(70)76-44-28-41-43(66)29-47(82-46(41)30-45(44)77-56(71)79-58(4,5)6)81-34-59(53(69)75-31-36-24-26-40(73-7)27-25-36)33-65-51(68)49(52(65)83(72)35-59)62-50(67)48(64-74-8)42-32-80-54(61-42)63-60(37-18-12-9-13-19-37,38-20-14-10-15-21-38)39-22-16-11-17-23-39/h9-30,32,49,52H,31,33-35H2,1-8H3,(H,61,63)(H,62,67)/t49?,52-,59?,83?/m1/s1. The van der Waals surface area contributed by atoms with Crippen molar-refractivity contribution in [2.45, 2.75) is 80.5 Å². The lowest BCUT2D eigenvalue weighted by molar-refractivity contribution is -0.162. The quantitative estimate of drug-likeness (QED) is 0.00934. The molecule has 19 nitrogen and oxygen atoms in total. The van der Waals surface area contributed by atoms with Crippen molar-refractivity contribution in [2.75, 3.05) is 37.6 Å². The van der Waals surface area contributed by atoms with Crippen molar-refractivity contribution in [1.82, 2.24) is 15.2 Å². The number of carbonyl (C=O) groups excluding carboxylic acids is 5. The van der Waals surface area contributed by atoms with Gasteiger partial charge in [-0.25, -0.2) is 14.6 Å². The van der Waals surface area contributed by atoms with Crippen LogP contribution in [0.25, 0.3) is 10.1 Å². The molecule has 83 heavy (non-hydrogen) atoms. The smallest absolute Gasteiger partial charge is 0.514 e. The Balaban J connectivity index is 0.965. The third kappa shape index (κ3) is 13.6. The van der Waals surface area contributed by atoms with E-state index in [0.29, 0.717) is 25.4 Å². The molecule has 2 aliphatic heterocycles. The number of hydrogen-bond donors (Lipinski definition) is 2. The lowest BCUT2D eigenvalue weighted by Crippen LogP contribution is -2.78. The molecule has 7 aromatic rings. The summed E-state index contributed by atoms with van der Waals surface area (Å²) in [6.45, 7) is 9.41. The van der Waals surface area contributed by atoms with Crippen molar-refractivity contribution in [3.05, 3.63) is 177 Å². The van der Waals surface area contributed by atoms with Crippen LogP contribution in [0.5, 0.6) is 17.2 Å². The first-order valence-electron chi connectivity index (χ1n) is 26.0. The molecule has 9 rings (SSSR count). The summed E-state index contributed by atoms with van der Waals surface area (Å²) in [6, 6.07) is 39.3. The second-order valence-electron chi connectivity index (χ2n) is 21.3. The number of methoxy groups -OCH3 is 1. The molecule has 5 aromatic carbocycles. The van der Waals surface area contributed by atoms with Crippen LogP contribution in [0.2, 0.25) is 0 Å². The van der Waals surface area contributed by atoms with E-state index in [2.05, 4.69) is 15.8 Å². The van der Waals surface area contributed by atoms with Gasteiger partial charge in [-0.15, -0.1) is 34.4 Å². The first kappa shape index (κ1) is 59.7. The average molecular weight is 1200 g/mol. The highest BCUT2D eigenvalue weighted by molar-refractivity contribution is 8.01. The van der Waals surface area contributed by atoms with E-state index in [1.807, 2.05) is 91.0 Å². The molecule has 2 N–H and O–H groups in total. The Labute approximate surface area is 493 Å². The summed E-state index contributed by atoms with van der Waals surface area (Å²) < 4.78 is 48.2. The molecule has 4 atom stereocenters. The summed E-state index contributed by atoms with van der Waals surface area (Å²) in [7, 11) is 2.80. The second-order valence-corrected chi connectivity index (χ2v) is 26.1. The van der Waals surface area contributed by atoms with Crippen molar-refractivity contribution in [3.63, 3.8) is 0 Å². The summed E-state index contributed by atoms with van der Waals surface area (Å²) in [5.74, 6) is -2.54. The number of amides is 2. The zero-order chi connectivity index (χ0) is 59.3. The fourth-order valence-electron chi connectivity index (χ4n) is 9.33. The Morgan fingerprint density at radius 1 is 0.795 bits per heavy atom. The van der Waals surface area contributed by atoms with Crippen LogP contribution in [-0.2, 0) is 56.8 Å².